The molecule has 3 N–H and O–H groups in total. The van der Waals surface area contributed by atoms with Gasteiger partial charge in [-0.1, -0.05) is 18.1 Å². The molecular formula is C24H28N8O5. The van der Waals surface area contributed by atoms with Gasteiger partial charge in [0.1, 0.15) is 6.54 Å². The Morgan fingerprint density at radius 3 is 2.81 bits per heavy atom. The molecule has 0 radical (unpaired) electrons. The summed E-state index contributed by atoms with van der Waals surface area (Å²) in [5, 5.41) is 13.6. The van der Waals surface area contributed by atoms with Gasteiger partial charge in [0, 0.05) is 44.9 Å². The van der Waals surface area contributed by atoms with Crippen LogP contribution in [-0.4, -0.2) is 48.6 Å². The lowest BCUT2D eigenvalue weighted by atomic mass is 10.1. The van der Waals surface area contributed by atoms with Gasteiger partial charge in [-0.3, -0.25) is 28.8 Å². The van der Waals surface area contributed by atoms with Crippen LogP contribution in [0.25, 0.3) is 11.2 Å². The van der Waals surface area contributed by atoms with Crippen molar-refractivity contribution in [3.05, 3.63) is 60.8 Å². The van der Waals surface area contributed by atoms with Gasteiger partial charge in [0.2, 0.25) is 11.9 Å². The Bertz CT molecular complexity index is 1540. The lowest BCUT2D eigenvalue weighted by molar-refractivity contribution is -0.384. The Hall–Kier alpha value is -4.44. The van der Waals surface area contributed by atoms with Gasteiger partial charge in [0.25, 0.3) is 11.2 Å². The standard InChI is InChI=1S/C24H28N8O5/c1-3-4-11-30-20-21(27-23(30)29-10-6-8-17(25)14-29)28(2)24(35)31(22(20)34)15-19(33)26-13-16-7-5-9-18(12-16)32(36)37/h5,7,9,12,17H,6,8,10-11,13-15,25H2,1-2H3,(H,26,33). The summed E-state index contributed by atoms with van der Waals surface area (Å²) in [7, 11) is 1.50. The van der Waals surface area contributed by atoms with Crippen LogP contribution in [0.15, 0.2) is 33.9 Å². The van der Waals surface area contributed by atoms with Crippen LogP contribution in [0.4, 0.5) is 11.6 Å². The van der Waals surface area contributed by atoms with Crippen LogP contribution in [-0.2, 0) is 31.5 Å². The summed E-state index contributed by atoms with van der Waals surface area (Å²) in [5.41, 5.74) is 5.61. The molecule has 194 valence electrons. The van der Waals surface area contributed by atoms with Crippen LogP contribution in [0.5, 0.6) is 0 Å². The van der Waals surface area contributed by atoms with Gasteiger partial charge < -0.3 is 16.0 Å². The van der Waals surface area contributed by atoms with E-state index < -0.39 is 28.6 Å². The van der Waals surface area contributed by atoms with Crippen molar-refractivity contribution in [2.45, 2.75) is 45.4 Å². The van der Waals surface area contributed by atoms with Crippen LogP contribution >= 0.6 is 0 Å². The highest BCUT2D eigenvalue weighted by Gasteiger charge is 2.26. The molecule has 0 spiro atoms. The zero-order valence-electron chi connectivity index (χ0n) is 20.6. The molecule has 3 aromatic rings. The number of piperidine rings is 1. The average Bonchev–Trinajstić information content (AvgIpc) is 3.27. The fraction of sp³-hybridized carbons (Fsp3) is 0.417. The second-order valence-electron chi connectivity index (χ2n) is 8.88. The summed E-state index contributed by atoms with van der Waals surface area (Å²) in [6.07, 6.45) is 1.76. The number of nitro groups is 1. The maximum Gasteiger partial charge on any atom is 0.332 e. The first-order chi connectivity index (χ1) is 17.7. The largest absolute Gasteiger partial charge is 0.350 e. The first-order valence-electron chi connectivity index (χ1n) is 11.8. The van der Waals surface area contributed by atoms with Crippen LogP contribution in [0, 0.1) is 22.0 Å². The molecule has 4 rings (SSSR count). The second kappa shape index (κ2) is 10.7. The Morgan fingerprint density at radius 1 is 1.32 bits per heavy atom. The fourth-order valence-corrected chi connectivity index (χ4v) is 4.42. The highest BCUT2D eigenvalue weighted by Crippen LogP contribution is 2.22. The van der Waals surface area contributed by atoms with Crippen molar-refractivity contribution in [1.82, 2.24) is 24.0 Å². The zero-order valence-corrected chi connectivity index (χ0v) is 20.6. The third-order valence-corrected chi connectivity index (χ3v) is 6.28. The predicted molar refractivity (Wildman–Crippen MR) is 137 cm³/mol. The molecule has 1 amide bonds. The second-order valence-corrected chi connectivity index (χ2v) is 8.88. The number of aryl methyl sites for hydroxylation is 1. The van der Waals surface area contributed by atoms with E-state index >= 15 is 0 Å². The number of imidazole rings is 1. The van der Waals surface area contributed by atoms with Gasteiger partial charge in [-0.2, -0.15) is 4.98 Å². The normalized spacial score (nSPS) is 15.3. The third-order valence-electron chi connectivity index (χ3n) is 6.28. The molecule has 0 aliphatic carbocycles. The van der Waals surface area contributed by atoms with Crippen molar-refractivity contribution in [2.75, 3.05) is 18.0 Å². The highest BCUT2D eigenvalue weighted by molar-refractivity contribution is 5.78. The molecule has 1 unspecified atom stereocenters. The molecule has 1 atom stereocenters. The number of nitrogens with zero attached hydrogens (tertiary/aromatic N) is 6. The van der Waals surface area contributed by atoms with Gasteiger partial charge in [0.15, 0.2) is 11.2 Å². The highest BCUT2D eigenvalue weighted by atomic mass is 16.6. The molecule has 1 aromatic carbocycles. The summed E-state index contributed by atoms with van der Waals surface area (Å²) in [4.78, 5) is 56.3. The Morgan fingerprint density at radius 2 is 2.11 bits per heavy atom. The molecule has 0 saturated carbocycles. The molecular weight excluding hydrogens is 480 g/mol. The monoisotopic (exact) mass is 508 g/mol. The fourth-order valence-electron chi connectivity index (χ4n) is 4.42. The molecule has 13 nitrogen and oxygen atoms in total. The lowest BCUT2D eigenvalue weighted by Crippen LogP contribution is -2.44. The summed E-state index contributed by atoms with van der Waals surface area (Å²) >= 11 is 0. The topological polar surface area (TPSA) is 163 Å². The smallest absolute Gasteiger partial charge is 0.332 e. The SMILES string of the molecule is CC#CCn1c(N2CCCC(N)C2)nc2c1c(=O)n(CC(=O)NCc1cccc([N+](=O)[O-])c1)c(=O)n2C. The number of carbonyl (C=O) groups excluding carboxylic acids is 1. The minimum atomic E-state index is -0.684. The van der Waals surface area contributed by atoms with Crippen LogP contribution < -0.4 is 27.2 Å². The van der Waals surface area contributed by atoms with Gasteiger partial charge in [-0.05, 0) is 25.3 Å². The maximum atomic E-state index is 13.5. The molecule has 0 bridgehead atoms. The molecule has 37 heavy (non-hydrogen) atoms. The number of amides is 1. The average molecular weight is 509 g/mol. The van der Waals surface area contributed by atoms with Crippen molar-refractivity contribution < 1.29 is 9.72 Å². The summed E-state index contributed by atoms with van der Waals surface area (Å²) in [6.45, 7) is 2.62. The molecule has 13 heteroatoms. The number of anilines is 1. The van der Waals surface area contributed by atoms with E-state index in [2.05, 4.69) is 22.1 Å². The van der Waals surface area contributed by atoms with Gasteiger partial charge in [0.05, 0.1) is 11.5 Å². The number of nitrogens with one attached hydrogen (secondary N) is 1. The molecule has 2 aromatic heterocycles. The molecule has 1 aliphatic heterocycles. The Balaban J connectivity index is 1.68. The quantitative estimate of drug-likeness (QED) is 0.257. The number of nitro benzene ring substituents is 1. The van der Waals surface area contributed by atoms with E-state index in [-0.39, 0.29) is 36.0 Å². The van der Waals surface area contributed by atoms with Gasteiger partial charge in [-0.15, -0.1) is 5.92 Å². The minimum absolute atomic E-state index is 0.00120. The van der Waals surface area contributed by atoms with Crippen molar-refractivity contribution in [3.63, 3.8) is 0 Å². The number of rotatable bonds is 7. The number of carbonyl (C=O) groups is 1. The minimum Gasteiger partial charge on any atom is -0.350 e. The molecule has 1 saturated heterocycles. The van der Waals surface area contributed by atoms with E-state index in [4.69, 9.17) is 5.73 Å². The van der Waals surface area contributed by atoms with Crippen molar-refractivity contribution >= 4 is 28.7 Å². The van der Waals surface area contributed by atoms with Gasteiger partial charge >= 0.3 is 5.69 Å². The number of non-ortho nitro benzene ring substituents is 1. The zero-order chi connectivity index (χ0) is 26.7. The van der Waals surface area contributed by atoms with E-state index in [1.54, 1.807) is 17.6 Å². The van der Waals surface area contributed by atoms with E-state index in [9.17, 15) is 24.5 Å². The number of benzene rings is 1. The number of fused-ring (bicyclic) bond motifs is 1. The van der Waals surface area contributed by atoms with E-state index in [1.807, 2.05) is 4.90 Å². The third kappa shape index (κ3) is 5.24. The number of aromatic nitrogens is 4. The molecule has 3 heterocycles. The summed E-state index contributed by atoms with van der Waals surface area (Å²) in [6, 6.07) is 5.81. The van der Waals surface area contributed by atoms with Crippen molar-refractivity contribution in [1.29, 1.82) is 0 Å². The van der Waals surface area contributed by atoms with Crippen LogP contribution in [0.1, 0.15) is 25.3 Å². The lowest BCUT2D eigenvalue weighted by Gasteiger charge is -2.31. The number of hydrogen-bond acceptors (Lipinski definition) is 8. The molecule has 1 aliphatic rings. The Labute approximate surface area is 211 Å². The molecule has 1 fully saturated rings. The first kappa shape index (κ1) is 25.6. The van der Waals surface area contributed by atoms with Gasteiger partial charge in [-0.25, -0.2) is 9.36 Å². The number of nitrogens with two attached hydrogens (primary N) is 1. The predicted octanol–water partition coefficient (Wildman–Crippen LogP) is 0.0721. The van der Waals surface area contributed by atoms with E-state index in [1.165, 1.54) is 29.8 Å². The van der Waals surface area contributed by atoms with E-state index in [0.717, 1.165) is 17.4 Å². The maximum absolute atomic E-state index is 13.5. The van der Waals surface area contributed by atoms with E-state index in [0.29, 0.717) is 24.6 Å². The van der Waals surface area contributed by atoms with Crippen molar-refractivity contribution in [3.8, 4) is 11.8 Å². The summed E-state index contributed by atoms with van der Waals surface area (Å²) < 4.78 is 3.77. The van der Waals surface area contributed by atoms with Crippen LogP contribution in [0.3, 0.4) is 0 Å². The number of hydrogen-bond donors (Lipinski definition) is 2. The van der Waals surface area contributed by atoms with Crippen molar-refractivity contribution in [2.24, 2.45) is 12.8 Å². The summed E-state index contributed by atoms with van der Waals surface area (Å²) in [5.74, 6) is 5.69. The first-order valence-corrected chi connectivity index (χ1v) is 11.8. The van der Waals surface area contributed by atoms with Crippen LogP contribution in [0.2, 0.25) is 0 Å². The Kier molecular flexibility index (Phi) is 7.40.